The van der Waals surface area contributed by atoms with Crippen molar-refractivity contribution in [1.29, 1.82) is 0 Å². The second-order valence-electron chi connectivity index (χ2n) is 8.75. The number of anilines is 1. The number of hydrogen-bond donors (Lipinski definition) is 1. The van der Waals surface area contributed by atoms with Crippen molar-refractivity contribution in [2.24, 2.45) is 5.92 Å². The van der Waals surface area contributed by atoms with E-state index in [0.717, 1.165) is 36.9 Å². The summed E-state index contributed by atoms with van der Waals surface area (Å²) < 4.78 is 0. The molecule has 4 heteroatoms. The molecule has 5 rings (SSSR count). The summed E-state index contributed by atoms with van der Waals surface area (Å²) in [5.41, 5.74) is 5.99. The summed E-state index contributed by atoms with van der Waals surface area (Å²) in [6.45, 7) is 0. The zero-order valence-corrected chi connectivity index (χ0v) is 17.6. The van der Waals surface area contributed by atoms with Crippen molar-refractivity contribution >= 4 is 17.5 Å². The fourth-order valence-electron chi connectivity index (χ4n) is 4.68. The van der Waals surface area contributed by atoms with E-state index in [1.807, 2.05) is 0 Å². The Labute approximate surface area is 177 Å². The van der Waals surface area contributed by atoms with E-state index in [2.05, 4.69) is 95.9 Å². The zero-order chi connectivity index (χ0) is 20.7. The van der Waals surface area contributed by atoms with Crippen LogP contribution in [0.25, 0.3) is 6.08 Å². The molecule has 1 fully saturated rings. The van der Waals surface area contributed by atoms with Gasteiger partial charge in [-0.1, -0.05) is 61.0 Å². The third-order valence-electron chi connectivity index (χ3n) is 6.75. The van der Waals surface area contributed by atoms with Gasteiger partial charge in [0.2, 0.25) is 0 Å². The van der Waals surface area contributed by atoms with Gasteiger partial charge in [0.1, 0.15) is 5.69 Å². The number of nitrogens with one attached hydrogen (secondary N) is 1. The average molecular weight is 398 g/mol. The van der Waals surface area contributed by atoms with Crippen LogP contribution in [0.15, 0.2) is 60.7 Å². The highest BCUT2D eigenvalue weighted by atomic mass is 16.1. The van der Waals surface area contributed by atoms with Crippen LogP contribution in [0.4, 0.5) is 5.69 Å². The summed E-state index contributed by atoms with van der Waals surface area (Å²) >= 11 is 0. The second-order valence-corrected chi connectivity index (χ2v) is 8.75. The first-order valence-electron chi connectivity index (χ1n) is 10.7. The number of allylic oxidation sites excluding steroid dienone is 1. The molecule has 1 N–H and O–H groups in total. The molecule has 0 saturated heterocycles. The predicted molar refractivity (Wildman–Crippen MR) is 121 cm³/mol. The lowest BCUT2D eigenvalue weighted by molar-refractivity contribution is 0.0849. The van der Waals surface area contributed by atoms with Gasteiger partial charge in [0.25, 0.3) is 0 Å². The summed E-state index contributed by atoms with van der Waals surface area (Å²) in [7, 11) is 4.13. The van der Waals surface area contributed by atoms with E-state index in [1.165, 1.54) is 16.8 Å². The number of benzene rings is 2. The minimum atomic E-state index is -0.302. The molecule has 1 atom stereocenters. The van der Waals surface area contributed by atoms with Crippen molar-refractivity contribution in [3.05, 3.63) is 88.8 Å². The summed E-state index contributed by atoms with van der Waals surface area (Å²) in [5.74, 6) is 0.355. The lowest BCUT2D eigenvalue weighted by atomic mass is 9.68. The van der Waals surface area contributed by atoms with Gasteiger partial charge in [-0.05, 0) is 36.1 Å². The van der Waals surface area contributed by atoms with Gasteiger partial charge in [-0.25, -0.2) is 0 Å². The summed E-state index contributed by atoms with van der Waals surface area (Å²) in [6, 6.07) is 19.3. The molecule has 3 aromatic rings. The number of rotatable bonds is 5. The molecule has 2 aromatic carbocycles. The lowest BCUT2D eigenvalue weighted by Crippen LogP contribution is -2.31. The number of aromatic nitrogens is 2. The molecule has 0 bridgehead atoms. The van der Waals surface area contributed by atoms with Crippen LogP contribution in [0.3, 0.4) is 0 Å². The molecule has 1 heterocycles. The highest BCUT2D eigenvalue weighted by Crippen LogP contribution is 2.43. The van der Waals surface area contributed by atoms with Crippen LogP contribution in [0, 0.1) is 5.92 Å². The Balaban J connectivity index is 1.61. The third-order valence-corrected chi connectivity index (χ3v) is 6.75. The van der Waals surface area contributed by atoms with Gasteiger partial charge in [-0.15, -0.1) is 0 Å². The van der Waals surface area contributed by atoms with Gasteiger partial charge in [0, 0.05) is 48.8 Å². The van der Waals surface area contributed by atoms with Crippen molar-refractivity contribution in [2.45, 2.75) is 31.1 Å². The van der Waals surface area contributed by atoms with Crippen molar-refractivity contribution in [3.63, 3.8) is 0 Å². The highest BCUT2D eigenvalue weighted by Gasteiger charge is 2.38. The fourth-order valence-corrected chi connectivity index (χ4v) is 4.68. The maximum absolute atomic E-state index is 12.9. The molecule has 152 valence electrons. The van der Waals surface area contributed by atoms with E-state index in [9.17, 15) is 4.79 Å². The number of Topliss-reactive ketones (excluding diaryl/α,β-unsaturated/α-hetero) is 1. The molecule has 1 unspecified atom stereocenters. The van der Waals surface area contributed by atoms with Crippen LogP contribution in [-0.2, 0) is 11.8 Å². The van der Waals surface area contributed by atoms with E-state index in [0.29, 0.717) is 5.69 Å². The summed E-state index contributed by atoms with van der Waals surface area (Å²) in [6.07, 6.45) is 8.28. The molecule has 0 aliphatic heterocycles. The first kappa shape index (κ1) is 18.9. The van der Waals surface area contributed by atoms with E-state index >= 15 is 0 Å². The Morgan fingerprint density at radius 2 is 1.83 bits per heavy atom. The van der Waals surface area contributed by atoms with Crippen molar-refractivity contribution in [1.82, 2.24) is 10.2 Å². The molecular weight excluding hydrogens is 370 g/mol. The van der Waals surface area contributed by atoms with Crippen molar-refractivity contribution < 1.29 is 4.79 Å². The third kappa shape index (κ3) is 2.98. The van der Waals surface area contributed by atoms with Gasteiger partial charge in [0.05, 0.1) is 0 Å². The molecule has 1 saturated carbocycles. The number of ketones is 1. The Bertz CT molecular complexity index is 1110. The maximum atomic E-state index is 12.9. The topological polar surface area (TPSA) is 49.0 Å². The minimum Gasteiger partial charge on any atom is -0.378 e. The summed E-state index contributed by atoms with van der Waals surface area (Å²) in [4.78, 5) is 15.0. The Morgan fingerprint density at radius 3 is 2.53 bits per heavy atom. The maximum Gasteiger partial charge on any atom is 0.186 e. The zero-order valence-electron chi connectivity index (χ0n) is 17.6. The Morgan fingerprint density at radius 1 is 1.07 bits per heavy atom. The molecule has 4 nitrogen and oxygen atoms in total. The number of carbonyl (C=O) groups excluding carboxylic acids is 1. The van der Waals surface area contributed by atoms with E-state index in [4.69, 9.17) is 0 Å². The van der Waals surface area contributed by atoms with Crippen LogP contribution < -0.4 is 4.90 Å². The van der Waals surface area contributed by atoms with E-state index in [-0.39, 0.29) is 17.1 Å². The summed E-state index contributed by atoms with van der Waals surface area (Å²) in [5, 5.41) is 7.67. The van der Waals surface area contributed by atoms with Gasteiger partial charge in [-0.3, -0.25) is 9.89 Å². The number of fused-ring (bicyclic) bond motifs is 1. The van der Waals surface area contributed by atoms with Crippen molar-refractivity contribution in [3.8, 4) is 0 Å². The molecule has 1 aromatic heterocycles. The highest BCUT2D eigenvalue weighted by molar-refractivity contribution is 6.00. The molecule has 0 amide bonds. The average Bonchev–Trinajstić information content (AvgIpc) is 3.16. The van der Waals surface area contributed by atoms with Crippen LogP contribution in [-0.4, -0.2) is 30.1 Å². The lowest BCUT2D eigenvalue weighted by Gasteiger charge is -2.35. The minimum absolute atomic E-state index is 0.156. The van der Waals surface area contributed by atoms with Gasteiger partial charge < -0.3 is 4.90 Å². The van der Waals surface area contributed by atoms with Crippen LogP contribution >= 0.6 is 0 Å². The van der Waals surface area contributed by atoms with Gasteiger partial charge in [0.15, 0.2) is 5.78 Å². The smallest absolute Gasteiger partial charge is 0.186 e. The Hall–Kier alpha value is -3.14. The van der Waals surface area contributed by atoms with Crippen LogP contribution in [0.2, 0.25) is 0 Å². The number of hydrogen-bond acceptors (Lipinski definition) is 3. The SMILES string of the molecule is CN(C)c1cccc(C2(c3ccccc3)C=Cc3c(C(=O)C4CCC4)n[nH]c3C2)c1. The molecule has 2 aliphatic carbocycles. The van der Waals surface area contributed by atoms with Crippen LogP contribution in [0.5, 0.6) is 0 Å². The Kier molecular flexibility index (Phi) is 4.58. The van der Waals surface area contributed by atoms with Crippen LogP contribution in [0.1, 0.15) is 52.1 Å². The normalized spacial score (nSPS) is 20.5. The van der Waals surface area contributed by atoms with Gasteiger partial charge in [-0.2, -0.15) is 5.10 Å². The van der Waals surface area contributed by atoms with E-state index < -0.39 is 0 Å². The molecular formula is C26H27N3O. The number of H-pyrrole nitrogens is 1. The quantitative estimate of drug-likeness (QED) is 0.616. The molecule has 0 radical (unpaired) electrons. The molecule has 0 spiro atoms. The first-order chi connectivity index (χ1) is 14.6. The number of carbonyl (C=O) groups is 1. The first-order valence-corrected chi connectivity index (χ1v) is 10.7. The standard InChI is InChI=1S/C26H27N3O/c1-29(2)21-13-7-12-20(16-21)26(19-10-4-3-5-11-19)15-14-22-23(17-26)27-28-24(22)25(30)18-8-6-9-18/h3-5,7,10-16,18H,6,8-9,17H2,1-2H3,(H,27,28). The van der Waals surface area contributed by atoms with E-state index in [1.54, 1.807) is 0 Å². The molecule has 2 aliphatic rings. The molecule has 30 heavy (non-hydrogen) atoms. The number of nitrogens with zero attached hydrogens (tertiary/aromatic N) is 2. The van der Waals surface area contributed by atoms with Crippen molar-refractivity contribution in [2.75, 3.05) is 19.0 Å². The largest absolute Gasteiger partial charge is 0.378 e. The predicted octanol–water partition coefficient (Wildman–Crippen LogP) is 5.01. The van der Waals surface area contributed by atoms with Gasteiger partial charge >= 0.3 is 0 Å². The fraction of sp³-hybridized carbons (Fsp3) is 0.308. The number of aromatic amines is 1. The monoisotopic (exact) mass is 397 g/mol. The second kappa shape index (κ2) is 7.28.